The van der Waals surface area contributed by atoms with E-state index >= 15 is 0 Å². The highest BCUT2D eigenvalue weighted by atomic mass is 35.5. The van der Waals surface area contributed by atoms with Crippen LogP contribution in [-0.2, 0) is 12.8 Å². The van der Waals surface area contributed by atoms with Gasteiger partial charge in [0.2, 0.25) is 5.89 Å². The third kappa shape index (κ3) is 3.61. The second kappa shape index (κ2) is 5.97. The number of nitrogens with zero attached hydrogens (tertiary/aromatic N) is 2. The second-order valence-corrected chi connectivity index (χ2v) is 5.19. The molecule has 1 N–H and O–H groups in total. The maximum absolute atomic E-state index is 9.44. The van der Waals surface area contributed by atoms with Crippen molar-refractivity contribution in [1.82, 2.24) is 10.1 Å². The van der Waals surface area contributed by atoms with Crippen LogP contribution in [-0.4, -0.2) is 15.2 Å². The minimum atomic E-state index is 0.228. The molecule has 1 aromatic heterocycles. The van der Waals surface area contributed by atoms with Gasteiger partial charge in [-0.3, -0.25) is 0 Å². The molecule has 0 amide bonds. The van der Waals surface area contributed by atoms with Crippen molar-refractivity contribution in [2.45, 2.75) is 12.8 Å². The fraction of sp³-hybridized carbons (Fsp3) is 0.125. The van der Waals surface area contributed by atoms with Gasteiger partial charge in [0.15, 0.2) is 5.82 Å². The second-order valence-electron chi connectivity index (χ2n) is 4.76. The summed E-state index contributed by atoms with van der Waals surface area (Å²) in [7, 11) is 0. The van der Waals surface area contributed by atoms with E-state index in [2.05, 4.69) is 10.1 Å². The SMILES string of the molecule is Oc1cccc(Cc2nc(Cc3cccc(Cl)c3)no2)c1. The molecular weight excluding hydrogens is 288 g/mol. The highest BCUT2D eigenvalue weighted by Crippen LogP contribution is 2.16. The first kappa shape index (κ1) is 13.6. The Morgan fingerprint density at radius 2 is 1.76 bits per heavy atom. The van der Waals surface area contributed by atoms with Gasteiger partial charge in [-0.25, -0.2) is 0 Å². The van der Waals surface area contributed by atoms with Crippen molar-refractivity contribution in [3.05, 3.63) is 76.4 Å². The summed E-state index contributed by atoms with van der Waals surface area (Å²) in [4.78, 5) is 4.36. The Morgan fingerprint density at radius 1 is 1.00 bits per heavy atom. The molecule has 0 saturated carbocycles. The number of hydrogen-bond donors (Lipinski definition) is 1. The highest BCUT2D eigenvalue weighted by Gasteiger charge is 2.08. The van der Waals surface area contributed by atoms with Crippen molar-refractivity contribution < 1.29 is 9.63 Å². The molecular formula is C16H13ClN2O2. The van der Waals surface area contributed by atoms with E-state index in [0.717, 1.165) is 11.1 Å². The first-order chi connectivity index (χ1) is 10.2. The molecule has 21 heavy (non-hydrogen) atoms. The third-order valence-electron chi connectivity index (χ3n) is 3.03. The van der Waals surface area contributed by atoms with Gasteiger partial charge < -0.3 is 9.63 Å². The van der Waals surface area contributed by atoms with Crippen LogP contribution in [0.2, 0.25) is 5.02 Å². The first-order valence-corrected chi connectivity index (χ1v) is 6.91. The molecule has 0 aliphatic carbocycles. The van der Waals surface area contributed by atoms with Crippen LogP contribution >= 0.6 is 11.6 Å². The van der Waals surface area contributed by atoms with Crippen LogP contribution in [0.1, 0.15) is 22.8 Å². The maximum atomic E-state index is 9.44. The van der Waals surface area contributed by atoms with Crippen molar-refractivity contribution in [3.63, 3.8) is 0 Å². The van der Waals surface area contributed by atoms with Crippen molar-refractivity contribution >= 4 is 11.6 Å². The number of phenolic OH excluding ortho intramolecular Hbond substituents is 1. The largest absolute Gasteiger partial charge is 0.508 e. The molecule has 0 aliphatic rings. The number of aromatic nitrogens is 2. The Labute approximate surface area is 127 Å². The van der Waals surface area contributed by atoms with Gasteiger partial charge in [-0.1, -0.05) is 41.0 Å². The molecule has 0 unspecified atom stereocenters. The Hall–Kier alpha value is -2.33. The summed E-state index contributed by atoms with van der Waals surface area (Å²) < 4.78 is 5.24. The Bertz CT molecular complexity index is 693. The van der Waals surface area contributed by atoms with E-state index in [1.807, 2.05) is 30.3 Å². The van der Waals surface area contributed by atoms with Gasteiger partial charge in [-0.15, -0.1) is 0 Å². The van der Waals surface area contributed by atoms with E-state index in [1.54, 1.807) is 18.2 Å². The first-order valence-electron chi connectivity index (χ1n) is 6.53. The van der Waals surface area contributed by atoms with Crippen LogP contribution in [0.15, 0.2) is 53.1 Å². The minimum Gasteiger partial charge on any atom is -0.508 e. The number of halogens is 1. The standard InChI is InChI=1S/C16H13ClN2O2/c17-13-5-1-3-11(7-13)9-15-18-16(21-19-15)10-12-4-2-6-14(20)8-12/h1-8,20H,9-10H2. The molecule has 0 saturated heterocycles. The molecule has 0 spiro atoms. The van der Waals surface area contributed by atoms with Crippen molar-refractivity contribution in [1.29, 1.82) is 0 Å². The zero-order chi connectivity index (χ0) is 14.7. The monoisotopic (exact) mass is 300 g/mol. The van der Waals surface area contributed by atoms with Crippen LogP contribution in [0, 0.1) is 0 Å². The zero-order valence-corrected chi connectivity index (χ0v) is 11.9. The average molecular weight is 301 g/mol. The van der Waals surface area contributed by atoms with Crippen molar-refractivity contribution in [2.75, 3.05) is 0 Å². The number of hydrogen-bond acceptors (Lipinski definition) is 4. The van der Waals surface area contributed by atoms with Crippen molar-refractivity contribution in [3.8, 4) is 5.75 Å². The van der Waals surface area contributed by atoms with E-state index in [0.29, 0.717) is 29.6 Å². The van der Waals surface area contributed by atoms with Gasteiger partial charge in [0.1, 0.15) is 5.75 Å². The van der Waals surface area contributed by atoms with E-state index in [-0.39, 0.29) is 5.75 Å². The Balaban J connectivity index is 1.71. The number of rotatable bonds is 4. The van der Waals surface area contributed by atoms with Crippen LogP contribution < -0.4 is 0 Å². The fourth-order valence-corrected chi connectivity index (χ4v) is 2.32. The molecule has 0 aliphatic heterocycles. The molecule has 0 bridgehead atoms. The molecule has 0 fully saturated rings. The number of phenols is 1. The molecule has 0 atom stereocenters. The molecule has 2 aromatic carbocycles. The topological polar surface area (TPSA) is 59.2 Å². The van der Waals surface area contributed by atoms with E-state index in [4.69, 9.17) is 16.1 Å². The average Bonchev–Trinajstić information content (AvgIpc) is 2.86. The summed E-state index contributed by atoms with van der Waals surface area (Å²) in [5.74, 6) is 1.37. The number of benzene rings is 2. The summed E-state index contributed by atoms with van der Waals surface area (Å²) in [5.41, 5.74) is 1.96. The smallest absolute Gasteiger partial charge is 0.231 e. The van der Waals surface area contributed by atoms with Gasteiger partial charge in [0.25, 0.3) is 0 Å². The quantitative estimate of drug-likeness (QED) is 0.799. The summed E-state index contributed by atoms with van der Waals surface area (Å²) in [5, 5.41) is 14.1. The summed E-state index contributed by atoms with van der Waals surface area (Å²) >= 11 is 5.95. The summed E-state index contributed by atoms with van der Waals surface area (Å²) in [6.07, 6.45) is 1.07. The van der Waals surface area contributed by atoms with E-state index in [1.165, 1.54) is 0 Å². The summed E-state index contributed by atoms with van der Waals surface area (Å²) in [6.45, 7) is 0. The van der Waals surface area contributed by atoms with Crippen molar-refractivity contribution in [2.24, 2.45) is 0 Å². The fourth-order valence-electron chi connectivity index (χ4n) is 2.10. The lowest BCUT2D eigenvalue weighted by molar-refractivity contribution is 0.380. The number of aromatic hydroxyl groups is 1. The predicted octanol–water partition coefficient (Wildman–Crippen LogP) is 3.61. The maximum Gasteiger partial charge on any atom is 0.231 e. The van der Waals surface area contributed by atoms with Gasteiger partial charge in [0.05, 0.1) is 6.42 Å². The molecule has 0 radical (unpaired) electrons. The lowest BCUT2D eigenvalue weighted by Crippen LogP contribution is -1.92. The van der Waals surface area contributed by atoms with Crippen LogP contribution in [0.5, 0.6) is 5.75 Å². The molecule has 3 aromatic rings. The predicted molar refractivity (Wildman–Crippen MR) is 79.5 cm³/mol. The zero-order valence-electron chi connectivity index (χ0n) is 11.2. The molecule has 106 valence electrons. The van der Waals surface area contributed by atoms with Gasteiger partial charge in [0, 0.05) is 11.4 Å². The summed E-state index contributed by atoms with van der Waals surface area (Å²) in [6, 6.07) is 14.6. The highest BCUT2D eigenvalue weighted by molar-refractivity contribution is 6.30. The van der Waals surface area contributed by atoms with Crippen LogP contribution in [0.4, 0.5) is 0 Å². The van der Waals surface area contributed by atoms with Crippen LogP contribution in [0.3, 0.4) is 0 Å². The lowest BCUT2D eigenvalue weighted by atomic mass is 10.1. The van der Waals surface area contributed by atoms with E-state index in [9.17, 15) is 5.11 Å². The van der Waals surface area contributed by atoms with Gasteiger partial charge in [-0.05, 0) is 35.4 Å². The van der Waals surface area contributed by atoms with Gasteiger partial charge in [-0.2, -0.15) is 4.98 Å². The van der Waals surface area contributed by atoms with E-state index < -0.39 is 0 Å². The third-order valence-corrected chi connectivity index (χ3v) is 3.26. The molecule has 5 heteroatoms. The molecule has 4 nitrogen and oxygen atoms in total. The lowest BCUT2D eigenvalue weighted by Gasteiger charge is -1.97. The molecule has 3 rings (SSSR count). The van der Waals surface area contributed by atoms with Crippen LogP contribution in [0.25, 0.3) is 0 Å². The Kier molecular flexibility index (Phi) is 3.88. The normalized spacial score (nSPS) is 10.7. The Morgan fingerprint density at radius 3 is 2.52 bits per heavy atom. The molecule has 1 heterocycles. The minimum absolute atomic E-state index is 0.228. The van der Waals surface area contributed by atoms with Gasteiger partial charge >= 0.3 is 0 Å².